The molecule has 1 heterocycles. The van der Waals surface area contributed by atoms with Crippen LogP contribution in [0, 0.1) is 0 Å². The Morgan fingerprint density at radius 2 is 1.61 bits per heavy atom. The van der Waals surface area contributed by atoms with Crippen LogP contribution in [0.2, 0.25) is 0 Å². The molecule has 3 nitrogen and oxygen atoms in total. The Kier molecular flexibility index (Phi) is 6.42. The Bertz CT molecular complexity index is 772. The van der Waals surface area contributed by atoms with Crippen molar-refractivity contribution in [2.75, 3.05) is 5.32 Å². The van der Waals surface area contributed by atoms with E-state index in [0.29, 0.717) is 12.2 Å². The van der Waals surface area contributed by atoms with Gasteiger partial charge in [0.15, 0.2) is 0 Å². The van der Waals surface area contributed by atoms with E-state index in [1.165, 1.54) is 11.3 Å². The molecule has 2 aromatic carbocycles. The molecule has 0 atom stereocenters. The first kappa shape index (κ1) is 17.8. The third-order valence-corrected chi connectivity index (χ3v) is 4.47. The molecule has 0 saturated heterocycles. The minimum Gasteiger partial charge on any atom is -0.544 e. The normalized spacial score (nSPS) is 9.91. The van der Waals surface area contributed by atoms with Gasteiger partial charge in [0.05, 0.1) is 16.5 Å². The van der Waals surface area contributed by atoms with Crippen molar-refractivity contribution >= 4 is 23.0 Å². The van der Waals surface area contributed by atoms with E-state index in [2.05, 4.69) is 5.32 Å². The first-order chi connectivity index (χ1) is 10.7. The van der Waals surface area contributed by atoms with Crippen molar-refractivity contribution in [1.82, 2.24) is 0 Å². The number of carboxylic acid groups (broad SMARTS) is 1. The Balaban J connectivity index is 0.00000192. The minimum absolute atomic E-state index is 0. The Morgan fingerprint density at radius 1 is 1.00 bits per heavy atom. The van der Waals surface area contributed by atoms with E-state index >= 15 is 0 Å². The van der Waals surface area contributed by atoms with Gasteiger partial charge in [0.25, 0.3) is 0 Å². The van der Waals surface area contributed by atoms with Gasteiger partial charge in [0, 0.05) is 11.4 Å². The van der Waals surface area contributed by atoms with Crippen molar-refractivity contribution in [1.29, 1.82) is 0 Å². The van der Waals surface area contributed by atoms with Crippen molar-refractivity contribution in [3.05, 3.63) is 77.2 Å². The van der Waals surface area contributed by atoms with E-state index in [0.717, 1.165) is 16.0 Å². The topological polar surface area (TPSA) is 52.2 Å². The summed E-state index contributed by atoms with van der Waals surface area (Å²) in [6.45, 7) is 0.575. The first-order valence-electron chi connectivity index (χ1n) is 6.92. The third kappa shape index (κ3) is 4.45. The number of carbonyl (C=O) groups is 1. The number of benzene rings is 2. The second-order valence-electron chi connectivity index (χ2n) is 4.85. The van der Waals surface area contributed by atoms with Gasteiger partial charge < -0.3 is 15.2 Å². The number of nitrogens with one attached hydrogen (secondary N) is 1. The van der Waals surface area contributed by atoms with E-state index in [9.17, 15) is 9.90 Å². The molecular formula is C18H14NNaO2S. The first-order valence-corrected chi connectivity index (χ1v) is 7.74. The molecule has 0 radical (unpaired) electrons. The Morgan fingerprint density at radius 3 is 2.22 bits per heavy atom. The molecule has 0 unspecified atom stereocenters. The van der Waals surface area contributed by atoms with Crippen LogP contribution in [0.25, 0.3) is 10.4 Å². The van der Waals surface area contributed by atoms with Crippen LogP contribution in [0.15, 0.2) is 66.7 Å². The summed E-state index contributed by atoms with van der Waals surface area (Å²) < 4.78 is 0. The van der Waals surface area contributed by atoms with Crippen molar-refractivity contribution < 1.29 is 39.5 Å². The Labute approximate surface area is 161 Å². The molecule has 5 heteroatoms. The molecule has 0 fully saturated rings. The second kappa shape index (κ2) is 8.31. The number of hydrogen-bond donors (Lipinski definition) is 1. The molecule has 0 bridgehead atoms. The zero-order valence-corrected chi connectivity index (χ0v) is 15.6. The van der Waals surface area contributed by atoms with Crippen LogP contribution in [-0.2, 0) is 6.54 Å². The van der Waals surface area contributed by atoms with E-state index in [1.807, 2.05) is 66.7 Å². The molecule has 0 aliphatic heterocycles. The smallest absolute Gasteiger partial charge is 0.544 e. The minimum atomic E-state index is -1.15. The average molecular weight is 331 g/mol. The van der Waals surface area contributed by atoms with Crippen LogP contribution in [-0.4, -0.2) is 5.97 Å². The molecule has 1 N–H and O–H groups in total. The number of hydrogen-bond acceptors (Lipinski definition) is 4. The Hall–Kier alpha value is -1.59. The largest absolute Gasteiger partial charge is 1.00 e. The fourth-order valence-corrected chi connectivity index (χ4v) is 3.19. The maximum absolute atomic E-state index is 11.3. The molecule has 0 saturated carbocycles. The van der Waals surface area contributed by atoms with Crippen LogP contribution in [0.1, 0.15) is 15.2 Å². The van der Waals surface area contributed by atoms with Crippen molar-refractivity contribution in [3.8, 4) is 10.4 Å². The fourth-order valence-electron chi connectivity index (χ4n) is 2.21. The van der Waals surface area contributed by atoms with Gasteiger partial charge in [-0.15, -0.1) is 11.3 Å². The maximum Gasteiger partial charge on any atom is 1.00 e. The maximum atomic E-state index is 11.3. The standard InChI is InChI=1S/C18H15NO2S.Na/c20-18(21)17-15(19-12-13-7-3-1-4-8-13)11-16(22-17)14-9-5-2-6-10-14;/h1-11,19H,12H2,(H,20,21);/q;+1/p-1. The number of anilines is 1. The fraction of sp³-hybridized carbons (Fsp3) is 0.0556. The SMILES string of the molecule is O=C([O-])c1sc(-c2ccccc2)cc1NCc1ccccc1.[Na+]. The predicted octanol–water partition coefficient (Wildman–Crippen LogP) is 0.395. The van der Waals surface area contributed by atoms with Crippen molar-refractivity contribution in [2.24, 2.45) is 0 Å². The summed E-state index contributed by atoms with van der Waals surface area (Å²) in [5.41, 5.74) is 2.70. The van der Waals surface area contributed by atoms with E-state index < -0.39 is 5.97 Å². The van der Waals surface area contributed by atoms with Gasteiger partial charge in [-0.25, -0.2) is 0 Å². The predicted molar refractivity (Wildman–Crippen MR) is 87.9 cm³/mol. The van der Waals surface area contributed by atoms with E-state index in [-0.39, 0.29) is 34.4 Å². The van der Waals surface area contributed by atoms with Gasteiger partial charge in [-0.1, -0.05) is 60.7 Å². The second-order valence-corrected chi connectivity index (χ2v) is 5.90. The van der Waals surface area contributed by atoms with Crippen LogP contribution in [0.4, 0.5) is 5.69 Å². The number of thiophene rings is 1. The molecule has 0 amide bonds. The number of rotatable bonds is 5. The molecular weight excluding hydrogens is 317 g/mol. The van der Waals surface area contributed by atoms with E-state index in [1.54, 1.807) is 0 Å². The zero-order valence-electron chi connectivity index (χ0n) is 12.8. The quantitative estimate of drug-likeness (QED) is 0.689. The van der Waals surface area contributed by atoms with Crippen molar-refractivity contribution in [2.45, 2.75) is 6.54 Å². The summed E-state index contributed by atoms with van der Waals surface area (Å²) in [7, 11) is 0. The molecule has 0 spiro atoms. The van der Waals surface area contributed by atoms with Gasteiger partial charge in [0.2, 0.25) is 0 Å². The summed E-state index contributed by atoms with van der Waals surface area (Å²) in [6, 6.07) is 21.5. The monoisotopic (exact) mass is 331 g/mol. The van der Waals surface area contributed by atoms with Gasteiger partial charge in [-0.3, -0.25) is 0 Å². The molecule has 0 aliphatic rings. The van der Waals surface area contributed by atoms with Crippen molar-refractivity contribution in [3.63, 3.8) is 0 Å². The molecule has 3 aromatic rings. The van der Waals surface area contributed by atoms with Gasteiger partial charge >= 0.3 is 29.6 Å². The molecule has 110 valence electrons. The van der Waals surface area contributed by atoms with Crippen LogP contribution in [0.3, 0.4) is 0 Å². The van der Waals surface area contributed by atoms with Gasteiger partial charge in [-0.2, -0.15) is 0 Å². The molecule has 1 aromatic heterocycles. The summed E-state index contributed by atoms with van der Waals surface area (Å²) >= 11 is 1.23. The zero-order chi connectivity index (χ0) is 15.4. The third-order valence-electron chi connectivity index (χ3n) is 3.30. The van der Waals surface area contributed by atoms with Crippen LogP contribution >= 0.6 is 11.3 Å². The molecule has 0 aliphatic carbocycles. The average Bonchev–Trinajstić information content (AvgIpc) is 2.99. The summed E-state index contributed by atoms with van der Waals surface area (Å²) in [4.78, 5) is 12.5. The van der Waals surface area contributed by atoms with Gasteiger partial charge in [-0.05, 0) is 17.2 Å². The van der Waals surface area contributed by atoms with Gasteiger partial charge in [0.1, 0.15) is 0 Å². The number of carboxylic acids is 1. The van der Waals surface area contributed by atoms with Crippen LogP contribution < -0.4 is 40.0 Å². The van der Waals surface area contributed by atoms with E-state index in [4.69, 9.17) is 0 Å². The van der Waals surface area contributed by atoms with Crippen LogP contribution in [0.5, 0.6) is 0 Å². The summed E-state index contributed by atoms with van der Waals surface area (Å²) in [6.07, 6.45) is 0. The summed E-state index contributed by atoms with van der Waals surface area (Å²) in [5, 5.41) is 14.5. The molecule has 23 heavy (non-hydrogen) atoms. The number of carbonyl (C=O) groups excluding carboxylic acids is 1. The summed E-state index contributed by atoms with van der Waals surface area (Å²) in [5.74, 6) is -1.15. The number of aromatic carboxylic acids is 1. The molecule has 3 rings (SSSR count).